The van der Waals surface area contributed by atoms with Crippen molar-refractivity contribution in [3.05, 3.63) is 29.8 Å². The number of nitrogens with zero attached hydrogens (tertiary/aromatic N) is 2. The van der Waals surface area contributed by atoms with Gasteiger partial charge in [-0.05, 0) is 55.5 Å². The molecule has 1 aliphatic heterocycles. The van der Waals surface area contributed by atoms with Gasteiger partial charge in [-0.25, -0.2) is 5.43 Å². The van der Waals surface area contributed by atoms with Gasteiger partial charge in [-0.1, -0.05) is 6.92 Å². The molecule has 2 rings (SSSR count). The molecule has 1 aliphatic rings. The number of rotatable bonds is 4. The zero-order chi connectivity index (χ0) is 16.7. The van der Waals surface area contributed by atoms with Crippen LogP contribution in [-0.2, 0) is 9.59 Å². The molecule has 6 nitrogen and oxygen atoms in total. The van der Waals surface area contributed by atoms with Crippen molar-refractivity contribution < 1.29 is 14.3 Å². The van der Waals surface area contributed by atoms with Gasteiger partial charge < -0.3 is 9.64 Å². The molecule has 0 bridgehead atoms. The first-order valence-electron chi connectivity index (χ1n) is 7.95. The molecule has 1 saturated heterocycles. The summed E-state index contributed by atoms with van der Waals surface area (Å²) in [5, 5.41) is 3.84. The lowest BCUT2D eigenvalue weighted by molar-refractivity contribution is -0.146. The van der Waals surface area contributed by atoms with Crippen molar-refractivity contribution in [2.45, 2.75) is 26.7 Å². The molecule has 23 heavy (non-hydrogen) atoms. The van der Waals surface area contributed by atoms with Crippen LogP contribution < -0.4 is 10.2 Å². The second kappa shape index (κ2) is 8.31. The van der Waals surface area contributed by atoms with Gasteiger partial charge in [0.15, 0.2) is 0 Å². The minimum atomic E-state index is -0.693. The minimum absolute atomic E-state index is 0.513. The van der Waals surface area contributed by atoms with Gasteiger partial charge in [0.1, 0.15) is 5.75 Å². The Labute approximate surface area is 136 Å². The van der Waals surface area contributed by atoms with Gasteiger partial charge in [0.05, 0.1) is 12.8 Å². The molecule has 0 aromatic heterocycles. The van der Waals surface area contributed by atoms with E-state index in [0.29, 0.717) is 25.6 Å². The number of amides is 2. The fourth-order valence-corrected chi connectivity index (χ4v) is 2.39. The van der Waals surface area contributed by atoms with Crippen LogP contribution in [0.4, 0.5) is 0 Å². The standard InChI is InChI=1S/C17H23N3O3/c1-3-23-15-6-4-14(5-7-15)12-18-19-16(21)17(22)20-10-8-13(2)9-11-20/h4-7,12-13H,3,8-11H2,1-2H3,(H,19,21)/b18-12-. The van der Waals surface area contributed by atoms with E-state index in [1.165, 1.54) is 6.21 Å². The number of piperidine rings is 1. The molecular weight excluding hydrogens is 294 g/mol. The van der Waals surface area contributed by atoms with Gasteiger partial charge in [0, 0.05) is 13.1 Å². The normalized spacial score (nSPS) is 15.7. The van der Waals surface area contributed by atoms with Gasteiger partial charge >= 0.3 is 11.8 Å². The fourth-order valence-electron chi connectivity index (χ4n) is 2.39. The van der Waals surface area contributed by atoms with E-state index in [4.69, 9.17) is 4.74 Å². The van der Waals surface area contributed by atoms with Crippen LogP contribution in [-0.4, -0.2) is 42.6 Å². The van der Waals surface area contributed by atoms with Crippen LogP contribution in [0.25, 0.3) is 0 Å². The lowest BCUT2D eigenvalue weighted by Crippen LogP contribution is -2.45. The highest BCUT2D eigenvalue weighted by atomic mass is 16.5. The Morgan fingerprint density at radius 3 is 2.57 bits per heavy atom. The maximum absolute atomic E-state index is 12.0. The monoisotopic (exact) mass is 317 g/mol. The Bertz CT molecular complexity index is 561. The van der Waals surface area contributed by atoms with Gasteiger partial charge in [-0.2, -0.15) is 5.10 Å². The Hall–Kier alpha value is -2.37. The van der Waals surface area contributed by atoms with Crippen molar-refractivity contribution in [3.63, 3.8) is 0 Å². The summed E-state index contributed by atoms with van der Waals surface area (Å²) in [5.41, 5.74) is 3.10. The third-order valence-electron chi connectivity index (χ3n) is 3.84. The van der Waals surface area contributed by atoms with E-state index in [9.17, 15) is 9.59 Å². The summed E-state index contributed by atoms with van der Waals surface area (Å²) in [6, 6.07) is 7.31. The minimum Gasteiger partial charge on any atom is -0.494 e. The average molecular weight is 317 g/mol. The smallest absolute Gasteiger partial charge is 0.329 e. The first kappa shape index (κ1) is 17.0. The molecule has 1 fully saturated rings. The number of hydrogen-bond acceptors (Lipinski definition) is 4. The third kappa shape index (κ3) is 5.09. The van der Waals surface area contributed by atoms with Gasteiger partial charge in [0.25, 0.3) is 0 Å². The summed E-state index contributed by atoms with van der Waals surface area (Å²) in [7, 11) is 0. The lowest BCUT2D eigenvalue weighted by Gasteiger charge is -2.29. The van der Waals surface area contributed by atoms with Crippen LogP contribution >= 0.6 is 0 Å². The summed E-state index contributed by atoms with van der Waals surface area (Å²) < 4.78 is 5.35. The molecule has 1 heterocycles. The van der Waals surface area contributed by atoms with E-state index in [2.05, 4.69) is 17.5 Å². The molecular formula is C17H23N3O3. The highest BCUT2D eigenvalue weighted by Gasteiger charge is 2.25. The average Bonchev–Trinajstić information content (AvgIpc) is 2.56. The second-order valence-corrected chi connectivity index (χ2v) is 5.68. The van der Waals surface area contributed by atoms with Crippen molar-refractivity contribution in [1.29, 1.82) is 0 Å². The Balaban J connectivity index is 1.82. The Kier molecular flexibility index (Phi) is 6.14. The number of hydrazone groups is 1. The number of ether oxygens (including phenoxy) is 1. The molecule has 0 saturated carbocycles. The van der Waals surface area contributed by atoms with Crippen molar-refractivity contribution in [1.82, 2.24) is 10.3 Å². The summed E-state index contributed by atoms with van der Waals surface area (Å²) in [4.78, 5) is 25.4. The molecule has 1 N–H and O–H groups in total. The third-order valence-corrected chi connectivity index (χ3v) is 3.84. The van der Waals surface area contributed by atoms with Crippen LogP contribution in [0.1, 0.15) is 32.3 Å². The quantitative estimate of drug-likeness (QED) is 0.523. The lowest BCUT2D eigenvalue weighted by atomic mass is 9.99. The van der Waals surface area contributed by atoms with E-state index in [1.54, 1.807) is 4.90 Å². The Morgan fingerprint density at radius 2 is 1.96 bits per heavy atom. The zero-order valence-corrected chi connectivity index (χ0v) is 13.6. The summed E-state index contributed by atoms with van der Waals surface area (Å²) in [5.74, 6) is 0.186. The summed E-state index contributed by atoms with van der Waals surface area (Å²) in [6.07, 6.45) is 3.38. The van der Waals surface area contributed by atoms with E-state index < -0.39 is 11.8 Å². The van der Waals surface area contributed by atoms with Gasteiger partial charge in [-0.15, -0.1) is 0 Å². The number of likely N-dealkylation sites (tertiary alicyclic amines) is 1. The van der Waals surface area contributed by atoms with E-state index in [0.717, 1.165) is 24.2 Å². The van der Waals surface area contributed by atoms with Gasteiger partial charge in [0.2, 0.25) is 0 Å². The highest BCUT2D eigenvalue weighted by molar-refractivity contribution is 6.35. The van der Waals surface area contributed by atoms with E-state index in [1.807, 2.05) is 31.2 Å². The number of nitrogens with one attached hydrogen (secondary N) is 1. The SMILES string of the molecule is CCOc1ccc(/C=N\NC(=O)C(=O)N2CCC(C)CC2)cc1. The second-order valence-electron chi connectivity index (χ2n) is 5.68. The number of hydrogen-bond donors (Lipinski definition) is 1. The summed E-state index contributed by atoms with van der Waals surface area (Å²) in [6.45, 7) is 5.96. The van der Waals surface area contributed by atoms with Crippen LogP contribution in [0.5, 0.6) is 5.75 Å². The fraction of sp³-hybridized carbons (Fsp3) is 0.471. The highest BCUT2D eigenvalue weighted by Crippen LogP contribution is 2.15. The predicted molar refractivity (Wildman–Crippen MR) is 88.3 cm³/mol. The van der Waals surface area contributed by atoms with E-state index >= 15 is 0 Å². The largest absolute Gasteiger partial charge is 0.494 e. The molecule has 2 amide bonds. The zero-order valence-electron chi connectivity index (χ0n) is 13.6. The van der Waals surface area contributed by atoms with Crippen molar-refractivity contribution in [2.24, 2.45) is 11.0 Å². The molecule has 0 radical (unpaired) electrons. The topological polar surface area (TPSA) is 71.0 Å². The van der Waals surface area contributed by atoms with Crippen LogP contribution in [0, 0.1) is 5.92 Å². The van der Waals surface area contributed by atoms with Crippen LogP contribution in [0.15, 0.2) is 29.4 Å². The molecule has 0 aliphatic carbocycles. The number of benzene rings is 1. The molecule has 0 atom stereocenters. The predicted octanol–water partition coefficient (Wildman–Crippen LogP) is 1.79. The van der Waals surface area contributed by atoms with Crippen LogP contribution in [0.3, 0.4) is 0 Å². The van der Waals surface area contributed by atoms with Gasteiger partial charge in [-0.3, -0.25) is 9.59 Å². The molecule has 1 aromatic carbocycles. The van der Waals surface area contributed by atoms with Crippen molar-refractivity contribution >= 4 is 18.0 Å². The number of carbonyl (C=O) groups is 2. The van der Waals surface area contributed by atoms with Crippen LogP contribution in [0.2, 0.25) is 0 Å². The maximum atomic E-state index is 12.0. The first-order valence-corrected chi connectivity index (χ1v) is 7.95. The maximum Gasteiger partial charge on any atom is 0.329 e. The number of carbonyl (C=O) groups excluding carboxylic acids is 2. The molecule has 1 aromatic rings. The molecule has 0 unspecified atom stereocenters. The van der Waals surface area contributed by atoms with Crippen molar-refractivity contribution in [2.75, 3.05) is 19.7 Å². The molecule has 124 valence electrons. The molecule has 6 heteroatoms. The molecule has 0 spiro atoms. The summed E-state index contributed by atoms with van der Waals surface area (Å²) >= 11 is 0. The van der Waals surface area contributed by atoms with Crippen molar-refractivity contribution in [3.8, 4) is 5.75 Å². The van der Waals surface area contributed by atoms with E-state index in [-0.39, 0.29) is 0 Å². The Morgan fingerprint density at radius 1 is 1.30 bits per heavy atom. The first-order chi connectivity index (χ1) is 11.1.